The van der Waals surface area contributed by atoms with Crippen molar-refractivity contribution < 1.29 is 14.3 Å². The van der Waals surface area contributed by atoms with E-state index in [4.69, 9.17) is 4.74 Å². The second kappa shape index (κ2) is 8.28. The third kappa shape index (κ3) is 3.71. The molecule has 2 heterocycles. The molecule has 3 aromatic rings. The van der Waals surface area contributed by atoms with Gasteiger partial charge in [-0.15, -0.1) is 0 Å². The van der Waals surface area contributed by atoms with Crippen LogP contribution in [-0.2, 0) is 9.59 Å². The van der Waals surface area contributed by atoms with Gasteiger partial charge in [0, 0.05) is 18.5 Å². The first-order chi connectivity index (χ1) is 14.6. The van der Waals surface area contributed by atoms with Crippen molar-refractivity contribution >= 4 is 23.2 Å². The lowest BCUT2D eigenvalue weighted by atomic mass is 10.1. The summed E-state index contributed by atoms with van der Waals surface area (Å²) in [6, 6.07) is 16.5. The number of carbonyl (C=O) groups excluding carboxylic acids is 2. The first-order valence-corrected chi connectivity index (χ1v) is 9.77. The van der Waals surface area contributed by atoms with Crippen LogP contribution < -0.4 is 20.5 Å². The largest absolute Gasteiger partial charge is 0.492 e. The predicted molar refractivity (Wildman–Crippen MR) is 114 cm³/mol. The van der Waals surface area contributed by atoms with Gasteiger partial charge in [0.2, 0.25) is 11.8 Å². The highest BCUT2D eigenvalue weighted by Crippen LogP contribution is 2.33. The molecule has 1 aromatic heterocycles. The van der Waals surface area contributed by atoms with Crippen LogP contribution in [0.25, 0.3) is 11.3 Å². The lowest BCUT2D eigenvalue weighted by Gasteiger charge is -2.20. The Hall–Kier alpha value is -3.81. The number of aromatic amines is 2. The number of hydrogen-bond acceptors (Lipinski definition) is 4. The molecule has 0 aliphatic carbocycles. The van der Waals surface area contributed by atoms with Crippen molar-refractivity contribution in [3.05, 3.63) is 65.0 Å². The molecule has 8 heteroatoms. The van der Waals surface area contributed by atoms with E-state index in [2.05, 4.69) is 15.5 Å². The van der Waals surface area contributed by atoms with Gasteiger partial charge in [0.25, 0.3) is 5.56 Å². The monoisotopic (exact) mass is 406 g/mol. The summed E-state index contributed by atoms with van der Waals surface area (Å²) in [5.74, 6) is -0.511. The van der Waals surface area contributed by atoms with Crippen LogP contribution in [0.1, 0.15) is 13.3 Å². The van der Waals surface area contributed by atoms with Crippen LogP contribution in [-0.4, -0.2) is 35.2 Å². The van der Waals surface area contributed by atoms with Crippen LogP contribution in [0.2, 0.25) is 0 Å². The molecular weight excluding hydrogens is 384 g/mol. The minimum absolute atomic E-state index is 0.0648. The van der Waals surface area contributed by atoms with E-state index < -0.39 is 11.5 Å². The fourth-order valence-electron chi connectivity index (χ4n) is 3.60. The second-order valence-corrected chi connectivity index (χ2v) is 6.99. The molecule has 0 bridgehead atoms. The molecule has 2 amide bonds. The van der Waals surface area contributed by atoms with Crippen LogP contribution in [0.3, 0.4) is 0 Å². The van der Waals surface area contributed by atoms with Gasteiger partial charge in [-0.05, 0) is 19.1 Å². The zero-order valence-electron chi connectivity index (χ0n) is 16.5. The van der Waals surface area contributed by atoms with E-state index in [0.29, 0.717) is 23.7 Å². The molecule has 2 aromatic carbocycles. The van der Waals surface area contributed by atoms with Crippen LogP contribution in [0, 0.1) is 5.92 Å². The molecule has 154 valence electrons. The number of nitrogens with zero attached hydrogens (tertiary/aromatic N) is 1. The summed E-state index contributed by atoms with van der Waals surface area (Å²) in [7, 11) is 0. The molecule has 4 rings (SSSR count). The third-order valence-electron chi connectivity index (χ3n) is 5.04. The maximum absolute atomic E-state index is 12.9. The van der Waals surface area contributed by atoms with Crippen LogP contribution in [0.15, 0.2) is 59.4 Å². The van der Waals surface area contributed by atoms with E-state index in [-0.39, 0.29) is 30.5 Å². The quantitative estimate of drug-likeness (QED) is 0.585. The number of anilines is 2. The maximum atomic E-state index is 12.9. The Labute approximate surface area is 172 Å². The lowest BCUT2D eigenvalue weighted by molar-refractivity contribution is -0.122. The van der Waals surface area contributed by atoms with Gasteiger partial charge >= 0.3 is 0 Å². The first-order valence-electron chi connectivity index (χ1n) is 9.77. The number of H-pyrrole nitrogens is 2. The van der Waals surface area contributed by atoms with E-state index in [1.54, 1.807) is 17.0 Å². The average Bonchev–Trinajstić information content (AvgIpc) is 3.32. The summed E-state index contributed by atoms with van der Waals surface area (Å²) in [6.45, 7) is 2.57. The normalized spacial score (nSPS) is 16.0. The van der Waals surface area contributed by atoms with Gasteiger partial charge in [-0.25, -0.2) is 0 Å². The van der Waals surface area contributed by atoms with Gasteiger partial charge in [0.15, 0.2) is 0 Å². The molecule has 1 aliphatic heterocycles. The standard InChI is InChI=1S/C22H22N4O4/c1-2-30-17-11-7-6-10-16(17)26-13-15(12-18(26)27)21(28)23-20-19(24-25-22(20)29)14-8-4-3-5-9-14/h3-11,15H,2,12-13H2,1H3,(H,23,28)(H2,24,25,29). The highest BCUT2D eigenvalue weighted by molar-refractivity contribution is 6.05. The van der Waals surface area contributed by atoms with Crippen LogP contribution in [0.4, 0.5) is 11.4 Å². The van der Waals surface area contributed by atoms with E-state index in [1.165, 1.54) is 0 Å². The Morgan fingerprint density at radius 3 is 2.60 bits per heavy atom. The van der Waals surface area contributed by atoms with Crippen molar-refractivity contribution in [3.8, 4) is 17.0 Å². The smallest absolute Gasteiger partial charge is 0.288 e. The number of benzene rings is 2. The van der Waals surface area contributed by atoms with Crippen molar-refractivity contribution in [1.82, 2.24) is 10.2 Å². The summed E-state index contributed by atoms with van der Waals surface area (Å²) >= 11 is 0. The van der Waals surface area contributed by atoms with Crippen molar-refractivity contribution in [2.24, 2.45) is 5.92 Å². The van der Waals surface area contributed by atoms with Crippen LogP contribution in [0.5, 0.6) is 5.75 Å². The molecular formula is C22H22N4O4. The molecule has 0 saturated carbocycles. The Bertz CT molecular complexity index is 1120. The van der Waals surface area contributed by atoms with Gasteiger partial charge in [0.1, 0.15) is 11.4 Å². The average molecular weight is 406 g/mol. The third-order valence-corrected chi connectivity index (χ3v) is 5.04. The summed E-state index contributed by atoms with van der Waals surface area (Å²) < 4.78 is 5.62. The van der Waals surface area contributed by atoms with E-state index in [1.807, 2.05) is 49.4 Å². The number of nitrogens with one attached hydrogen (secondary N) is 3. The Morgan fingerprint density at radius 2 is 1.83 bits per heavy atom. The number of hydrogen-bond donors (Lipinski definition) is 3. The Balaban J connectivity index is 1.54. The van der Waals surface area contributed by atoms with Gasteiger partial charge in [-0.1, -0.05) is 42.5 Å². The summed E-state index contributed by atoms with van der Waals surface area (Å²) in [4.78, 5) is 39.3. The molecule has 1 unspecified atom stereocenters. The fourth-order valence-corrected chi connectivity index (χ4v) is 3.60. The highest BCUT2D eigenvalue weighted by Gasteiger charge is 2.36. The van der Waals surface area contributed by atoms with Gasteiger partial charge in [-0.2, -0.15) is 0 Å². The number of aromatic nitrogens is 2. The van der Waals surface area contributed by atoms with Crippen molar-refractivity contribution in [2.45, 2.75) is 13.3 Å². The molecule has 30 heavy (non-hydrogen) atoms. The first kappa shape index (κ1) is 19.5. The molecule has 0 radical (unpaired) electrons. The number of rotatable bonds is 6. The summed E-state index contributed by atoms with van der Waals surface area (Å²) in [5, 5.41) is 8.02. The Morgan fingerprint density at radius 1 is 1.10 bits per heavy atom. The second-order valence-electron chi connectivity index (χ2n) is 6.99. The molecule has 0 spiro atoms. The van der Waals surface area contributed by atoms with Crippen molar-refractivity contribution in [3.63, 3.8) is 0 Å². The number of para-hydroxylation sites is 2. The lowest BCUT2D eigenvalue weighted by Crippen LogP contribution is -2.29. The Kier molecular flexibility index (Phi) is 5.38. The molecule has 1 saturated heterocycles. The topological polar surface area (TPSA) is 107 Å². The van der Waals surface area contributed by atoms with E-state index in [0.717, 1.165) is 5.56 Å². The zero-order valence-corrected chi connectivity index (χ0v) is 16.5. The summed E-state index contributed by atoms with van der Waals surface area (Å²) in [6.07, 6.45) is 0.0648. The van der Waals surface area contributed by atoms with Gasteiger partial charge < -0.3 is 15.0 Å². The highest BCUT2D eigenvalue weighted by atomic mass is 16.5. The number of carbonyl (C=O) groups is 2. The van der Waals surface area contributed by atoms with Crippen LogP contribution >= 0.6 is 0 Å². The molecule has 3 N–H and O–H groups in total. The molecule has 8 nitrogen and oxygen atoms in total. The zero-order chi connectivity index (χ0) is 21.1. The van der Waals surface area contributed by atoms with Crippen molar-refractivity contribution in [1.29, 1.82) is 0 Å². The maximum Gasteiger partial charge on any atom is 0.288 e. The minimum Gasteiger partial charge on any atom is -0.492 e. The number of ether oxygens (including phenoxy) is 1. The van der Waals surface area contributed by atoms with E-state index >= 15 is 0 Å². The van der Waals surface area contributed by atoms with E-state index in [9.17, 15) is 14.4 Å². The van der Waals surface area contributed by atoms with Crippen molar-refractivity contribution in [2.75, 3.05) is 23.4 Å². The minimum atomic E-state index is -0.579. The molecule has 1 atom stereocenters. The molecule has 1 aliphatic rings. The number of amides is 2. The molecule has 1 fully saturated rings. The van der Waals surface area contributed by atoms with Gasteiger partial charge in [0.05, 0.1) is 23.9 Å². The predicted octanol–water partition coefficient (Wildman–Crippen LogP) is 2.76. The fraction of sp³-hybridized carbons (Fsp3) is 0.227. The SMILES string of the molecule is CCOc1ccccc1N1CC(C(=O)Nc2c(-c3ccccc3)[nH][nH]c2=O)CC1=O. The summed E-state index contributed by atoms with van der Waals surface area (Å²) in [5.41, 5.74) is 1.62. The van der Waals surface area contributed by atoms with Gasteiger partial charge in [-0.3, -0.25) is 24.6 Å².